The van der Waals surface area contributed by atoms with E-state index in [1.165, 1.54) is 6.07 Å². The lowest BCUT2D eigenvalue weighted by Crippen LogP contribution is -2.17. The molecule has 3 heteroatoms. The third-order valence-electron chi connectivity index (χ3n) is 1.90. The first-order valence-corrected chi connectivity index (χ1v) is 4.15. The molecule has 72 valence electrons. The van der Waals surface area contributed by atoms with Gasteiger partial charge in [0.15, 0.2) is 0 Å². The SMILES string of the molecule is COC[C@@H](N)c1cc(C)ccc1F. The summed E-state index contributed by atoms with van der Waals surface area (Å²) < 4.78 is 18.1. The van der Waals surface area contributed by atoms with E-state index in [-0.39, 0.29) is 11.9 Å². The van der Waals surface area contributed by atoms with Crippen LogP contribution in [-0.4, -0.2) is 13.7 Å². The summed E-state index contributed by atoms with van der Waals surface area (Å²) in [6.45, 7) is 2.24. The predicted molar refractivity (Wildman–Crippen MR) is 49.9 cm³/mol. The van der Waals surface area contributed by atoms with Crippen molar-refractivity contribution in [1.29, 1.82) is 0 Å². The Morgan fingerprint density at radius 1 is 1.54 bits per heavy atom. The van der Waals surface area contributed by atoms with Gasteiger partial charge in [0.2, 0.25) is 0 Å². The summed E-state index contributed by atoms with van der Waals surface area (Å²) in [5.74, 6) is -0.268. The second kappa shape index (κ2) is 4.35. The molecule has 0 radical (unpaired) electrons. The molecule has 0 bridgehead atoms. The smallest absolute Gasteiger partial charge is 0.128 e. The Kier molecular flexibility index (Phi) is 3.39. The van der Waals surface area contributed by atoms with Crippen molar-refractivity contribution in [2.75, 3.05) is 13.7 Å². The number of benzene rings is 1. The highest BCUT2D eigenvalue weighted by atomic mass is 19.1. The molecule has 0 amide bonds. The van der Waals surface area contributed by atoms with Crippen LogP contribution in [0.4, 0.5) is 4.39 Å². The van der Waals surface area contributed by atoms with E-state index in [0.717, 1.165) is 5.56 Å². The summed E-state index contributed by atoms with van der Waals surface area (Å²) in [5.41, 5.74) is 7.23. The number of halogens is 1. The molecule has 1 atom stereocenters. The lowest BCUT2D eigenvalue weighted by molar-refractivity contribution is 0.179. The molecule has 0 aromatic heterocycles. The highest BCUT2D eigenvalue weighted by molar-refractivity contribution is 5.26. The molecule has 0 fully saturated rings. The number of rotatable bonds is 3. The monoisotopic (exact) mass is 183 g/mol. The molecular formula is C10H14FNO. The summed E-state index contributed by atoms with van der Waals surface area (Å²) in [6, 6.07) is 4.52. The first-order chi connectivity index (χ1) is 6.15. The topological polar surface area (TPSA) is 35.2 Å². The predicted octanol–water partition coefficient (Wildman–Crippen LogP) is 1.78. The minimum absolute atomic E-state index is 0.268. The van der Waals surface area contributed by atoms with E-state index >= 15 is 0 Å². The Morgan fingerprint density at radius 3 is 2.85 bits per heavy atom. The van der Waals surface area contributed by atoms with Gasteiger partial charge < -0.3 is 10.5 Å². The van der Waals surface area contributed by atoms with Gasteiger partial charge in [-0.3, -0.25) is 0 Å². The lowest BCUT2D eigenvalue weighted by atomic mass is 10.1. The third-order valence-corrected chi connectivity index (χ3v) is 1.90. The van der Waals surface area contributed by atoms with Gasteiger partial charge in [-0.2, -0.15) is 0 Å². The second-order valence-corrected chi connectivity index (χ2v) is 3.09. The number of aryl methyl sites for hydroxylation is 1. The number of hydrogen-bond donors (Lipinski definition) is 1. The molecule has 0 saturated heterocycles. The summed E-state index contributed by atoms with van der Waals surface area (Å²) >= 11 is 0. The molecule has 0 heterocycles. The average Bonchev–Trinajstić information content (AvgIpc) is 2.09. The molecule has 1 rings (SSSR count). The van der Waals surface area contributed by atoms with E-state index in [2.05, 4.69) is 0 Å². The van der Waals surface area contributed by atoms with Gasteiger partial charge in [-0.25, -0.2) is 4.39 Å². The van der Waals surface area contributed by atoms with Crippen molar-refractivity contribution >= 4 is 0 Å². The van der Waals surface area contributed by atoms with Gasteiger partial charge in [0.25, 0.3) is 0 Å². The minimum Gasteiger partial charge on any atom is -0.383 e. The van der Waals surface area contributed by atoms with Crippen LogP contribution < -0.4 is 5.73 Å². The van der Waals surface area contributed by atoms with Gasteiger partial charge in [0.1, 0.15) is 5.82 Å². The fourth-order valence-corrected chi connectivity index (χ4v) is 1.22. The van der Waals surface area contributed by atoms with E-state index in [4.69, 9.17) is 10.5 Å². The van der Waals surface area contributed by atoms with Gasteiger partial charge in [-0.15, -0.1) is 0 Å². The van der Waals surface area contributed by atoms with Crippen molar-refractivity contribution in [3.8, 4) is 0 Å². The molecule has 0 saturated carbocycles. The van der Waals surface area contributed by atoms with Gasteiger partial charge in [-0.05, 0) is 13.0 Å². The Bertz CT molecular complexity index is 288. The van der Waals surface area contributed by atoms with Crippen molar-refractivity contribution in [2.45, 2.75) is 13.0 Å². The van der Waals surface area contributed by atoms with Crippen molar-refractivity contribution in [3.05, 3.63) is 35.1 Å². The number of nitrogens with two attached hydrogens (primary N) is 1. The molecule has 0 aliphatic rings. The molecule has 13 heavy (non-hydrogen) atoms. The van der Waals surface area contributed by atoms with Crippen molar-refractivity contribution in [2.24, 2.45) is 5.73 Å². The van der Waals surface area contributed by atoms with E-state index in [1.54, 1.807) is 19.2 Å². The van der Waals surface area contributed by atoms with Gasteiger partial charge in [0.05, 0.1) is 12.6 Å². The van der Waals surface area contributed by atoms with Gasteiger partial charge >= 0.3 is 0 Å². The maximum atomic E-state index is 13.2. The Hall–Kier alpha value is -0.930. The minimum atomic E-state index is -0.384. The van der Waals surface area contributed by atoms with Crippen LogP contribution in [0.2, 0.25) is 0 Å². The van der Waals surface area contributed by atoms with Crippen LogP contribution in [0.5, 0.6) is 0 Å². The zero-order valence-corrected chi connectivity index (χ0v) is 7.88. The van der Waals surface area contributed by atoms with Crippen molar-refractivity contribution < 1.29 is 9.13 Å². The molecular weight excluding hydrogens is 169 g/mol. The largest absolute Gasteiger partial charge is 0.383 e. The van der Waals surface area contributed by atoms with Gasteiger partial charge in [-0.1, -0.05) is 17.7 Å². The van der Waals surface area contributed by atoms with Crippen molar-refractivity contribution in [1.82, 2.24) is 0 Å². The standard InChI is InChI=1S/C10H14FNO/c1-7-3-4-9(11)8(5-7)10(12)6-13-2/h3-5,10H,6,12H2,1-2H3/t10-/m1/s1. The van der Waals surface area contributed by atoms with Crippen LogP contribution in [0.15, 0.2) is 18.2 Å². The quantitative estimate of drug-likeness (QED) is 0.775. The molecule has 0 aliphatic heterocycles. The Morgan fingerprint density at radius 2 is 2.23 bits per heavy atom. The fourth-order valence-electron chi connectivity index (χ4n) is 1.22. The summed E-state index contributed by atoms with van der Waals surface area (Å²) in [7, 11) is 1.55. The van der Waals surface area contributed by atoms with Crippen LogP contribution in [0.25, 0.3) is 0 Å². The second-order valence-electron chi connectivity index (χ2n) is 3.09. The highest BCUT2D eigenvalue weighted by Crippen LogP contribution is 2.16. The van der Waals surface area contributed by atoms with Crippen LogP contribution in [-0.2, 0) is 4.74 Å². The third kappa shape index (κ3) is 2.50. The van der Waals surface area contributed by atoms with Crippen molar-refractivity contribution in [3.63, 3.8) is 0 Å². The molecule has 2 nitrogen and oxygen atoms in total. The summed E-state index contributed by atoms with van der Waals surface area (Å²) in [5, 5.41) is 0. The Labute approximate surface area is 77.5 Å². The number of hydrogen-bond acceptors (Lipinski definition) is 2. The molecule has 2 N–H and O–H groups in total. The van der Waals surface area contributed by atoms with E-state index in [9.17, 15) is 4.39 Å². The molecule has 1 aromatic rings. The zero-order chi connectivity index (χ0) is 9.84. The molecule has 1 aromatic carbocycles. The van der Waals surface area contributed by atoms with Gasteiger partial charge in [0, 0.05) is 12.7 Å². The first kappa shape index (κ1) is 10.2. The normalized spacial score (nSPS) is 12.9. The van der Waals surface area contributed by atoms with Crippen LogP contribution >= 0.6 is 0 Å². The van der Waals surface area contributed by atoms with E-state index < -0.39 is 0 Å². The van der Waals surface area contributed by atoms with Crippen LogP contribution in [0, 0.1) is 12.7 Å². The maximum Gasteiger partial charge on any atom is 0.128 e. The molecule has 0 unspecified atom stereocenters. The molecule has 0 aliphatic carbocycles. The molecule has 0 spiro atoms. The highest BCUT2D eigenvalue weighted by Gasteiger charge is 2.10. The van der Waals surface area contributed by atoms with Crippen LogP contribution in [0.1, 0.15) is 17.2 Å². The zero-order valence-electron chi connectivity index (χ0n) is 7.88. The Balaban J connectivity index is 2.91. The summed E-state index contributed by atoms with van der Waals surface area (Å²) in [6.07, 6.45) is 0. The summed E-state index contributed by atoms with van der Waals surface area (Å²) in [4.78, 5) is 0. The first-order valence-electron chi connectivity index (χ1n) is 4.15. The lowest BCUT2D eigenvalue weighted by Gasteiger charge is -2.12. The van der Waals surface area contributed by atoms with E-state index in [0.29, 0.717) is 12.2 Å². The number of methoxy groups -OCH3 is 1. The van der Waals surface area contributed by atoms with Crippen LogP contribution in [0.3, 0.4) is 0 Å². The maximum absolute atomic E-state index is 13.2. The fraction of sp³-hybridized carbons (Fsp3) is 0.400. The van der Waals surface area contributed by atoms with E-state index in [1.807, 2.05) is 6.92 Å². The average molecular weight is 183 g/mol. The number of ether oxygens (including phenoxy) is 1.